The molecule has 0 bridgehead atoms. The summed E-state index contributed by atoms with van der Waals surface area (Å²) in [4.78, 5) is 20.9. The van der Waals surface area contributed by atoms with Gasteiger partial charge in [-0.2, -0.15) is 0 Å². The molecule has 1 atom stereocenters. The summed E-state index contributed by atoms with van der Waals surface area (Å²) in [5, 5.41) is -0.417. The molecule has 1 radical (unpaired) electrons. The van der Waals surface area contributed by atoms with Crippen molar-refractivity contribution in [1.29, 1.82) is 0 Å². The summed E-state index contributed by atoms with van der Waals surface area (Å²) in [6.45, 7) is 4.73. The first-order valence-corrected chi connectivity index (χ1v) is 2.93. The maximum atomic E-state index is 10.6. The zero-order valence-electron chi connectivity index (χ0n) is 6.13. The number of hydrogen-bond acceptors (Lipinski definition) is 2. The summed E-state index contributed by atoms with van der Waals surface area (Å²) in [5.41, 5.74) is 0. The van der Waals surface area contributed by atoms with Crippen LogP contribution in [-0.4, -0.2) is 29.8 Å². The number of allylic oxidation sites excluding steroid dienone is 1. The van der Waals surface area contributed by atoms with Gasteiger partial charge in [0.1, 0.15) is 0 Å². The van der Waals surface area contributed by atoms with Gasteiger partial charge < -0.3 is 0 Å². The molecule has 0 N–H and O–H groups in total. The molecule has 51 valence electrons. The van der Waals surface area contributed by atoms with Crippen molar-refractivity contribution >= 4 is 42.4 Å². The van der Waals surface area contributed by atoms with Crippen molar-refractivity contribution in [2.24, 2.45) is 5.92 Å². The van der Waals surface area contributed by atoms with E-state index in [9.17, 15) is 9.59 Å². The van der Waals surface area contributed by atoms with Crippen molar-refractivity contribution in [3.63, 3.8) is 0 Å². The number of rotatable bonds is 3. The maximum absolute atomic E-state index is 10.6. The van der Waals surface area contributed by atoms with E-state index in [1.807, 2.05) is 0 Å². The minimum Gasteiger partial charge on any atom is -0.294 e. The molecule has 0 aromatic rings. The third-order valence-electron chi connectivity index (χ3n) is 0.998. The maximum Gasteiger partial charge on any atom is 0.196 e. The Morgan fingerprint density at radius 2 is 2.00 bits per heavy atom. The van der Waals surface area contributed by atoms with E-state index < -0.39 is 11.0 Å². The predicted molar refractivity (Wildman–Crippen MR) is 44.1 cm³/mol. The van der Waals surface area contributed by atoms with E-state index >= 15 is 0 Å². The fraction of sp³-hybridized carbons (Fsp3) is 0.333. The molecule has 0 heterocycles. The molecule has 10 heavy (non-hydrogen) atoms. The van der Waals surface area contributed by atoms with E-state index in [4.69, 9.17) is 0 Å². The van der Waals surface area contributed by atoms with Gasteiger partial charge in [-0.25, -0.2) is 0 Å². The van der Waals surface area contributed by atoms with E-state index in [2.05, 4.69) is 19.2 Å². The van der Waals surface area contributed by atoms with E-state index in [-0.39, 0.29) is 24.6 Å². The molecule has 0 aromatic carbocycles. The second kappa shape index (κ2) is 5.79. The molecule has 0 aromatic heterocycles. The van der Waals surface area contributed by atoms with Crippen LogP contribution in [0, 0.1) is 5.92 Å². The molecular weight excluding hydrogens is 143 g/mol. The third kappa shape index (κ3) is 3.94. The average Bonchev–Trinajstić information content (AvgIpc) is 1.84. The van der Waals surface area contributed by atoms with Crippen LogP contribution in [0.1, 0.15) is 6.92 Å². The molecule has 1 unspecified atom stereocenters. The topological polar surface area (TPSA) is 34.1 Å². The summed E-state index contributed by atoms with van der Waals surface area (Å²) in [6.07, 6.45) is 1.12. The van der Waals surface area contributed by atoms with E-state index in [1.54, 1.807) is 0 Å². The number of carbonyl (C=O) groups excluding carboxylic acids is 2. The van der Waals surface area contributed by atoms with Crippen molar-refractivity contribution in [1.82, 2.24) is 0 Å². The van der Waals surface area contributed by atoms with Gasteiger partial charge in [-0.1, -0.05) is 6.58 Å². The first-order valence-electron chi connectivity index (χ1n) is 2.48. The van der Waals surface area contributed by atoms with Gasteiger partial charge in [0.2, 0.25) is 0 Å². The summed E-state index contributed by atoms with van der Waals surface area (Å²) >= 11 is 3.48. The van der Waals surface area contributed by atoms with Crippen LogP contribution in [-0.2, 0) is 9.59 Å². The molecule has 0 amide bonds. The monoisotopic (exact) mass is 151 g/mol. The van der Waals surface area contributed by atoms with Crippen molar-refractivity contribution in [3.05, 3.63) is 12.7 Å². The number of hydrogen-bond donors (Lipinski definition) is 1. The Kier molecular flexibility index (Phi) is 7.34. The van der Waals surface area contributed by atoms with E-state index in [0.717, 1.165) is 6.08 Å². The van der Waals surface area contributed by atoms with Gasteiger partial charge in [0.15, 0.2) is 10.9 Å². The van der Waals surface area contributed by atoms with Crippen LogP contribution in [0.15, 0.2) is 12.7 Å². The van der Waals surface area contributed by atoms with Gasteiger partial charge in [-0.15, -0.1) is 12.6 Å². The van der Waals surface area contributed by atoms with Gasteiger partial charge in [0, 0.05) is 18.9 Å². The predicted octanol–water partition coefficient (Wildman–Crippen LogP) is 0.453. The van der Waals surface area contributed by atoms with Crippen LogP contribution in [0.4, 0.5) is 0 Å². The molecule has 0 aliphatic rings. The van der Waals surface area contributed by atoms with Gasteiger partial charge in [-0.05, 0) is 13.0 Å². The Balaban J connectivity index is 0. The largest absolute Gasteiger partial charge is 0.294 e. The van der Waals surface area contributed by atoms with Crippen LogP contribution in [0.5, 0.6) is 0 Å². The minimum absolute atomic E-state index is 0. The zero-order valence-corrected chi connectivity index (χ0v) is 7.02. The standard InChI is InChI=1S/C6H8O2S.Li/c1-3-5(7)4(2)6(8)9;/h3-4H,1H2,2H3,(H,8,9);. The van der Waals surface area contributed by atoms with E-state index in [1.165, 1.54) is 6.92 Å². The normalized spacial score (nSPS) is 11.0. The third-order valence-corrected chi connectivity index (χ3v) is 1.39. The van der Waals surface area contributed by atoms with Crippen LogP contribution < -0.4 is 0 Å². The van der Waals surface area contributed by atoms with Crippen LogP contribution in [0.3, 0.4) is 0 Å². The Morgan fingerprint density at radius 3 is 2.10 bits per heavy atom. The number of carbonyl (C=O) groups is 2. The van der Waals surface area contributed by atoms with E-state index in [0.29, 0.717) is 0 Å². The van der Waals surface area contributed by atoms with Crippen molar-refractivity contribution in [2.75, 3.05) is 0 Å². The molecule has 0 aliphatic carbocycles. The average molecular weight is 151 g/mol. The van der Waals surface area contributed by atoms with Gasteiger partial charge >= 0.3 is 0 Å². The first kappa shape index (κ1) is 12.7. The molecule has 0 saturated heterocycles. The van der Waals surface area contributed by atoms with Gasteiger partial charge in [0.25, 0.3) is 0 Å². The van der Waals surface area contributed by atoms with Crippen molar-refractivity contribution in [2.45, 2.75) is 6.92 Å². The summed E-state index contributed by atoms with van der Waals surface area (Å²) in [7, 11) is 0. The number of thiol groups is 1. The van der Waals surface area contributed by atoms with Gasteiger partial charge in [-0.3, -0.25) is 9.59 Å². The van der Waals surface area contributed by atoms with Crippen molar-refractivity contribution < 1.29 is 9.59 Å². The molecule has 0 spiro atoms. The molecule has 0 rings (SSSR count). The SMILES string of the molecule is C=CC(=O)C(C)C(=O)S.[Li]. The molecule has 0 saturated carbocycles. The smallest absolute Gasteiger partial charge is 0.196 e. The number of ketones is 1. The molecule has 2 nitrogen and oxygen atoms in total. The molecule has 0 fully saturated rings. The Hall–Kier alpha value is 0.0274. The summed E-state index contributed by atoms with van der Waals surface area (Å²) < 4.78 is 0. The fourth-order valence-electron chi connectivity index (χ4n) is 0.298. The second-order valence-corrected chi connectivity index (χ2v) is 2.11. The van der Waals surface area contributed by atoms with Crippen molar-refractivity contribution in [3.8, 4) is 0 Å². The quantitative estimate of drug-likeness (QED) is 0.275. The zero-order chi connectivity index (χ0) is 7.44. The van der Waals surface area contributed by atoms with Crippen LogP contribution in [0.25, 0.3) is 0 Å². The second-order valence-electron chi connectivity index (χ2n) is 1.67. The van der Waals surface area contributed by atoms with Crippen LogP contribution >= 0.6 is 12.6 Å². The molecule has 0 aliphatic heterocycles. The molecule has 4 heteroatoms. The Labute approximate surface area is 77.7 Å². The molecular formula is C6H8LiO2S. The van der Waals surface area contributed by atoms with Crippen LogP contribution in [0.2, 0.25) is 0 Å². The fourth-order valence-corrected chi connectivity index (χ4v) is 0.426. The summed E-state index contributed by atoms with van der Waals surface area (Å²) in [6, 6.07) is 0. The Bertz CT molecular complexity index is 156. The first-order chi connectivity index (χ1) is 4.09. The minimum atomic E-state index is -0.647. The Morgan fingerprint density at radius 1 is 1.60 bits per heavy atom. The summed E-state index contributed by atoms with van der Waals surface area (Å²) in [5.74, 6) is -0.930. The van der Waals surface area contributed by atoms with Gasteiger partial charge in [0.05, 0.1) is 5.92 Å².